The van der Waals surface area contributed by atoms with Crippen molar-refractivity contribution >= 4 is 50.2 Å². The van der Waals surface area contributed by atoms with Gasteiger partial charge in [0.25, 0.3) is 5.91 Å². The molecule has 0 aliphatic heterocycles. The molecule has 9 heteroatoms. The number of phenolic OH excluding ortho intramolecular Hbond substituents is 1. The molecule has 0 radical (unpaired) electrons. The van der Waals surface area contributed by atoms with E-state index in [1.54, 1.807) is 19.1 Å². The monoisotopic (exact) mass is 504 g/mol. The summed E-state index contributed by atoms with van der Waals surface area (Å²) in [5.74, 6) is -1.14. The molecule has 162 valence electrons. The van der Waals surface area contributed by atoms with E-state index in [2.05, 4.69) is 21.2 Å². The molecule has 2 aromatic rings. The fourth-order valence-electron chi connectivity index (χ4n) is 3.41. The highest BCUT2D eigenvalue weighted by molar-refractivity contribution is 9.10. The zero-order valence-corrected chi connectivity index (χ0v) is 19.5. The van der Waals surface area contributed by atoms with Crippen molar-refractivity contribution in [2.75, 3.05) is 19.0 Å². The quantitative estimate of drug-likeness (QED) is 0.331. The Morgan fingerprint density at radius 2 is 2.10 bits per heavy atom. The van der Waals surface area contributed by atoms with Crippen molar-refractivity contribution in [3.8, 4) is 17.6 Å². The van der Waals surface area contributed by atoms with E-state index in [9.17, 15) is 20.0 Å². The van der Waals surface area contributed by atoms with Crippen molar-refractivity contribution in [2.24, 2.45) is 0 Å². The molecule has 0 spiro atoms. The number of amides is 1. The summed E-state index contributed by atoms with van der Waals surface area (Å²) in [5, 5.41) is 23.0. The maximum absolute atomic E-state index is 12.9. The van der Waals surface area contributed by atoms with Crippen LogP contribution < -0.4 is 10.1 Å². The second-order valence-electron chi connectivity index (χ2n) is 6.81. The SMILES string of the molecule is CCOC(=O)c1c(NC(=O)/C(C#N)=C/c2cc(Br)cc(OC)c2O)sc2c1CCCC2. The topological polar surface area (TPSA) is 109 Å². The van der Waals surface area contributed by atoms with Crippen molar-refractivity contribution in [3.63, 3.8) is 0 Å². The molecule has 0 atom stereocenters. The molecule has 1 aromatic heterocycles. The van der Waals surface area contributed by atoms with Gasteiger partial charge in [-0.3, -0.25) is 4.79 Å². The number of rotatable bonds is 6. The fourth-order valence-corrected chi connectivity index (χ4v) is 5.13. The molecule has 1 aliphatic rings. The van der Waals surface area contributed by atoms with Gasteiger partial charge >= 0.3 is 5.97 Å². The number of phenols is 1. The summed E-state index contributed by atoms with van der Waals surface area (Å²) in [4.78, 5) is 26.5. The largest absolute Gasteiger partial charge is 0.504 e. The molecule has 2 N–H and O–H groups in total. The summed E-state index contributed by atoms with van der Waals surface area (Å²) in [6.07, 6.45) is 4.86. The lowest BCUT2D eigenvalue weighted by molar-refractivity contribution is -0.112. The number of carbonyl (C=O) groups excluding carboxylic acids is 2. The molecule has 0 unspecified atom stereocenters. The second kappa shape index (κ2) is 9.98. The van der Waals surface area contributed by atoms with Crippen molar-refractivity contribution in [3.05, 3.63) is 43.7 Å². The lowest BCUT2D eigenvalue weighted by Crippen LogP contribution is -2.16. The van der Waals surface area contributed by atoms with Crippen LogP contribution in [-0.2, 0) is 22.4 Å². The Hall–Kier alpha value is -2.83. The number of thiophene rings is 1. The summed E-state index contributed by atoms with van der Waals surface area (Å²) >= 11 is 4.65. The van der Waals surface area contributed by atoms with E-state index in [1.807, 2.05) is 6.07 Å². The molecular weight excluding hydrogens is 484 g/mol. The summed E-state index contributed by atoms with van der Waals surface area (Å²) < 4.78 is 10.9. The molecule has 1 aromatic carbocycles. The number of fused-ring (bicyclic) bond motifs is 1. The molecule has 31 heavy (non-hydrogen) atoms. The number of esters is 1. The number of nitrogens with zero attached hydrogens (tertiary/aromatic N) is 1. The molecule has 7 nitrogen and oxygen atoms in total. The lowest BCUT2D eigenvalue weighted by Gasteiger charge is -2.12. The number of carbonyl (C=O) groups is 2. The van der Waals surface area contributed by atoms with E-state index in [1.165, 1.54) is 24.5 Å². The number of hydrogen-bond donors (Lipinski definition) is 2. The summed E-state index contributed by atoms with van der Waals surface area (Å²) in [6.45, 7) is 1.95. The van der Waals surface area contributed by atoms with E-state index >= 15 is 0 Å². The maximum atomic E-state index is 12.9. The Morgan fingerprint density at radius 3 is 2.77 bits per heavy atom. The second-order valence-corrected chi connectivity index (χ2v) is 8.83. The molecular formula is C22H21BrN2O5S. The standard InChI is InChI=1S/C22H21BrN2O5S/c1-3-30-22(28)18-15-6-4-5-7-17(15)31-21(18)25-20(27)13(11-24)8-12-9-14(23)10-16(29-2)19(12)26/h8-10,26H,3-7H2,1-2H3,(H,25,27)/b13-8+. The van der Waals surface area contributed by atoms with Crippen LogP contribution in [-0.4, -0.2) is 30.7 Å². The van der Waals surface area contributed by atoms with Gasteiger partial charge in [-0.1, -0.05) is 15.9 Å². The number of halogens is 1. The van der Waals surface area contributed by atoms with Gasteiger partial charge in [0.15, 0.2) is 11.5 Å². The van der Waals surface area contributed by atoms with Gasteiger partial charge in [0.05, 0.1) is 19.3 Å². The van der Waals surface area contributed by atoms with Gasteiger partial charge in [0.1, 0.15) is 16.6 Å². The van der Waals surface area contributed by atoms with E-state index in [4.69, 9.17) is 9.47 Å². The third kappa shape index (κ3) is 4.92. The van der Waals surface area contributed by atoms with Crippen LogP contribution in [0.15, 0.2) is 22.2 Å². The van der Waals surface area contributed by atoms with Gasteiger partial charge in [-0.05, 0) is 56.4 Å². The minimum Gasteiger partial charge on any atom is -0.504 e. The van der Waals surface area contributed by atoms with Crippen molar-refractivity contribution in [1.82, 2.24) is 0 Å². The van der Waals surface area contributed by atoms with E-state index in [0.29, 0.717) is 15.0 Å². The minimum absolute atomic E-state index is 0.190. The number of methoxy groups -OCH3 is 1. The van der Waals surface area contributed by atoms with Crippen LogP contribution in [0, 0.1) is 11.3 Å². The molecule has 0 saturated carbocycles. The Kier molecular flexibility index (Phi) is 7.36. The molecule has 1 amide bonds. The first kappa shape index (κ1) is 22.8. The fraction of sp³-hybridized carbons (Fsp3) is 0.318. The summed E-state index contributed by atoms with van der Waals surface area (Å²) in [5.41, 5.74) is 1.31. The Morgan fingerprint density at radius 1 is 1.35 bits per heavy atom. The molecule has 0 bridgehead atoms. The highest BCUT2D eigenvalue weighted by Crippen LogP contribution is 2.39. The van der Waals surface area contributed by atoms with Crippen molar-refractivity contribution in [2.45, 2.75) is 32.6 Å². The molecule has 0 saturated heterocycles. The van der Waals surface area contributed by atoms with Gasteiger partial charge in [-0.25, -0.2) is 4.79 Å². The normalized spacial score (nSPS) is 13.2. The van der Waals surface area contributed by atoms with E-state index < -0.39 is 11.9 Å². The number of ether oxygens (including phenoxy) is 2. The predicted octanol–water partition coefficient (Wildman–Crippen LogP) is 4.83. The first-order chi connectivity index (χ1) is 14.9. The smallest absolute Gasteiger partial charge is 0.341 e. The molecule has 3 rings (SSSR count). The molecule has 0 fully saturated rings. The molecule has 1 aliphatic carbocycles. The minimum atomic E-state index is -0.676. The number of hydrogen-bond acceptors (Lipinski definition) is 7. The zero-order valence-electron chi connectivity index (χ0n) is 17.1. The van der Waals surface area contributed by atoms with Crippen LogP contribution in [0.4, 0.5) is 5.00 Å². The van der Waals surface area contributed by atoms with Gasteiger partial charge in [0.2, 0.25) is 0 Å². The first-order valence-corrected chi connectivity index (χ1v) is 11.3. The summed E-state index contributed by atoms with van der Waals surface area (Å²) in [7, 11) is 1.41. The maximum Gasteiger partial charge on any atom is 0.341 e. The van der Waals surface area contributed by atoms with E-state index in [0.717, 1.165) is 36.1 Å². The van der Waals surface area contributed by atoms with Crippen LogP contribution in [0.25, 0.3) is 6.08 Å². The average molecular weight is 505 g/mol. The average Bonchev–Trinajstić information content (AvgIpc) is 3.11. The number of anilines is 1. The van der Waals surface area contributed by atoms with Crippen molar-refractivity contribution in [1.29, 1.82) is 5.26 Å². The Balaban J connectivity index is 1.96. The molecule has 1 heterocycles. The van der Waals surface area contributed by atoms with Gasteiger partial charge in [-0.2, -0.15) is 5.26 Å². The van der Waals surface area contributed by atoms with Crippen LogP contribution in [0.1, 0.15) is 46.1 Å². The lowest BCUT2D eigenvalue weighted by atomic mass is 9.95. The van der Waals surface area contributed by atoms with Crippen LogP contribution in [0.2, 0.25) is 0 Å². The Labute approximate surface area is 192 Å². The predicted molar refractivity (Wildman–Crippen MR) is 121 cm³/mol. The van der Waals surface area contributed by atoms with Crippen molar-refractivity contribution < 1.29 is 24.2 Å². The summed E-state index contributed by atoms with van der Waals surface area (Å²) in [6, 6.07) is 5.00. The first-order valence-electron chi connectivity index (χ1n) is 9.70. The number of aryl methyl sites for hydroxylation is 1. The zero-order chi connectivity index (χ0) is 22.5. The van der Waals surface area contributed by atoms with Crippen LogP contribution >= 0.6 is 27.3 Å². The number of benzene rings is 1. The third-order valence-electron chi connectivity index (χ3n) is 4.83. The third-order valence-corrected chi connectivity index (χ3v) is 6.50. The van der Waals surface area contributed by atoms with Gasteiger partial charge in [-0.15, -0.1) is 11.3 Å². The van der Waals surface area contributed by atoms with Gasteiger partial charge in [0, 0.05) is 14.9 Å². The van der Waals surface area contributed by atoms with Gasteiger partial charge < -0.3 is 19.9 Å². The van der Waals surface area contributed by atoms with E-state index in [-0.39, 0.29) is 29.2 Å². The number of nitriles is 1. The Bertz CT molecular complexity index is 1100. The van der Waals surface area contributed by atoms with Crippen LogP contribution in [0.3, 0.4) is 0 Å². The highest BCUT2D eigenvalue weighted by atomic mass is 79.9. The number of nitrogens with one attached hydrogen (secondary N) is 1. The number of aromatic hydroxyl groups is 1. The highest BCUT2D eigenvalue weighted by Gasteiger charge is 2.28. The van der Waals surface area contributed by atoms with Crippen LogP contribution in [0.5, 0.6) is 11.5 Å².